The maximum absolute atomic E-state index is 5.36. The second-order valence-electron chi connectivity index (χ2n) is 5.53. The molecule has 5 nitrogen and oxygen atoms in total. The van der Waals surface area contributed by atoms with E-state index >= 15 is 0 Å². The van der Waals surface area contributed by atoms with Crippen LogP contribution in [0.1, 0.15) is 32.3 Å². The average molecular weight is 235 g/mol. The maximum atomic E-state index is 5.36. The topological polar surface area (TPSA) is 67.1 Å². The summed E-state index contributed by atoms with van der Waals surface area (Å²) in [5.74, 6) is 6.84. The fourth-order valence-corrected chi connectivity index (χ4v) is 2.43. The highest BCUT2D eigenvalue weighted by Crippen LogP contribution is 2.32. The fourth-order valence-electron chi connectivity index (χ4n) is 2.43. The van der Waals surface area contributed by atoms with E-state index < -0.39 is 0 Å². The standard InChI is InChI=1S/C12H21N5/c1-9-7-14-11(16-13)15-10(9)17-6-4-5-12(2,3)8-17/h7H,4-6,8,13H2,1-3H3,(H,14,15,16). The fraction of sp³-hybridized carbons (Fsp3) is 0.667. The first kappa shape index (κ1) is 12.1. The lowest BCUT2D eigenvalue weighted by Gasteiger charge is -2.39. The van der Waals surface area contributed by atoms with Crippen molar-refractivity contribution in [3.63, 3.8) is 0 Å². The van der Waals surface area contributed by atoms with Gasteiger partial charge in [-0.1, -0.05) is 13.8 Å². The Morgan fingerprint density at radius 3 is 2.88 bits per heavy atom. The molecule has 1 aliphatic heterocycles. The minimum Gasteiger partial charge on any atom is -0.356 e. The molecule has 0 unspecified atom stereocenters. The lowest BCUT2D eigenvalue weighted by atomic mass is 9.84. The van der Waals surface area contributed by atoms with Gasteiger partial charge in [-0.3, -0.25) is 5.43 Å². The Kier molecular flexibility index (Phi) is 3.19. The predicted octanol–water partition coefficient (Wildman–Crippen LogP) is 1.70. The van der Waals surface area contributed by atoms with Crippen LogP contribution in [0.2, 0.25) is 0 Å². The molecule has 0 radical (unpaired) electrons. The summed E-state index contributed by atoms with van der Waals surface area (Å²) >= 11 is 0. The third-order valence-electron chi connectivity index (χ3n) is 3.27. The molecule has 0 spiro atoms. The van der Waals surface area contributed by atoms with E-state index in [2.05, 4.69) is 34.1 Å². The summed E-state index contributed by atoms with van der Waals surface area (Å²) in [4.78, 5) is 10.9. The lowest BCUT2D eigenvalue weighted by molar-refractivity contribution is 0.292. The predicted molar refractivity (Wildman–Crippen MR) is 69.8 cm³/mol. The van der Waals surface area contributed by atoms with Crippen LogP contribution in [0.25, 0.3) is 0 Å². The van der Waals surface area contributed by atoms with Gasteiger partial charge in [-0.2, -0.15) is 4.98 Å². The molecule has 3 N–H and O–H groups in total. The maximum Gasteiger partial charge on any atom is 0.239 e. The van der Waals surface area contributed by atoms with Crippen molar-refractivity contribution >= 4 is 11.8 Å². The normalized spacial score (nSPS) is 19.2. The summed E-state index contributed by atoms with van der Waals surface area (Å²) in [6, 6.07) is 0. The van der Waals surface area contributed by atoms with Crippen molar-refractivity contribution in [2.45, 2.75) is 33.6 Å². The van der Waals surface area contributed by atoms with E-state index in [0.717, 1.165) is 24.5 Å². The van der Waals surface area contributed by atoms with E-state index in [9.17, 15) is 0 Å². The van der Waals surface area contributed by atoms with Crippen molar-refractivity contribution < 1.29 is 0 Å². The van der Waals surface area contributed by atoms with Gasteiger partial charge in [0.2, 0.25) is 5.95 Å². The molecule has 2 rings (SSSR count). The first-order valence-corrected chi connectivity index (χ1v) is 6.07. The van der Waals surface area contributed by atoms with Crippen molar-refractivity contribution in [2.24, 2.45) is 11.3 Å². The zero-order valence-corrected chi connectivity index (χ0v) is 10.8. The number of piperidine rings is 1. The zero-order chi connectivity index (χ0) is 12.5. The minimum atomic E-state index is 0.353. The second kappa shape index (κ2) is 4.49. The third-order valence-corrected chi connectivity index (χ3v) is 3.27. The summed E-state index contributed by atoms with van der Waals surface area (Å²) in [5.41, 5.74) is 3.96. The van der Waals surface area contributed by atoms with Crippen molar-refractivity contribution in [3.05, 3.63) is 11.8 Å². The van der Waals surface area contributed by atoms with Gasteiger partial charge in [0.1, 0.15) is 5.82 Å². The van der Waals surface area contributed by atoms with Crippen LogP contribution in [0.4, 0.5) is 11.8 Å². The number of nitrogen functional groups attached to an aromatic ring is 1. The van der Waals surface area contributed by atoms with Crippen LogP contribution < -0.4 is 16.2 Å². The molecule has 94 valence electrons. The summed E-state index contributed by atoms with van der Waals surface area (Å²) in [6.45, 7) is 8.74. The molecule has 0 bridgehead atoms. The second-order valence-corrected chi connectivity index (χ2v) is 5.53. The zero-order valence-electron chi connectivity index (χ0n) is 10.8. The Balaban J connectivity index is 2.26. The molecule has 0 atom stereocenters. The highest BCUT2D eigenvalue weighted by atomic mass is 15.3. The molecule has 1 aromatic heterocycles. The quantitative estimate of drug-likeness (QED) is 0.603. The lowest BCUT2D eigenvalue weighted by Crippen LogP contribution is -2.41. The van der Waals surface area contributed by atoms with Gasteiger partial charge in [0.25, 0.3) is 0 Å². The molecule has 2 heterocycles. The summed E-state index contributed by atoms with van der Waals surface area (Å²) < 4.78 is 0. The van der Waals surface area contributed by atoms with Crippen LogP contribution in [0.3, 0.4) is 0 Å². The molecule has 0 aromatic carbocycles. The van der Waals surface area contributed by atoms with E-state index in [1.54, 1.807) is 0 Å². The van der Waals surface area contributed by atoms with Crippen LogP contribution >= 0.6 is 0 Å². The van der Waals surface area contributed by atoms with Crippen LogP contribution in [0, 0.1) is 12.3 Å². The van der Waals surface area contributed by atoms with Crippen LogP contribution in [-0.2, 0) is 0 Å². The summed E-state index contributed by atoms with van der Waals surface area (Å²) in [7, 11) is 0. The highest BCUT2D eigenvalue weighted by molar-refractivity contribution is 5.49. The molecule has 1 fully saturated rings. The van der Waals surface area contributed by atoms with Gasteiger partial charge in [-0.05, 0) is 25.2 Å². The minimum absolute atomic E-state index is 0.353. The number of hydrazine groups is 1. The molecular formula is C12H21N5. The number of aromatic nitrogens is 2. The van der Waals surface area contributed by atoms with Crippen LogP contribution in [-0.4, -0.2) is 23.1 Å². The Labute approximate surface area is 102 Å². The van der Waals surface area contributed by atoms with Crippen molar-refractivity contribution in [1.29, 1.82) is 0 Å². The van der Waals surface area contributed by atoms with E-state index in [4.69, 9.17) is 5.84 Å². The Hall–Kier alpha value is -1.36. The molecule has 0 amide bonds. The van der Waals surface area contributed by atoms with Crippen LogP contribution in [0.5, 0.6) is 0 Å². The van der Waals surface area contributed by atoms with Crippen LogP contribution in [0.15, 0.2) is 6.20 Å². The molecule has 0 saturated carbocycles. The van der Waals surface area contributed by atoms with Gasteiger partial charge < -0.3 is 4.90 Å². The number of anilines is 2. The number of nitrogens with zero attached hydrogens (tertiary/aromatic N) is 3. The number of nitrogens with one attached hydrogen (secondary N) is 1. The smallest absolute Gasteiger partial charge is 0.239 e. The monoisotopic (exact) mass is 235 g/mol. The van der Waals surface area contributed by atoms with E-state index in [1.807, 2.05) is 13.1 Å². The Morgan fingerprint density at radius 1 is 1.47 bits per heavy atom. The Morgan fingerprint density at radius 2 is 2.24 bits per heavy atom. The number of hydrogen-bond acceptors (Lipinski definition) is 5. The molecule has 0 aliphatic carbocycles. The van der Waals surface area contributed by atoms with Crippen molar-refractivity contribution in [3.8, 4) is 0 Å². The molecule has 1 saturated heterocycles. The van der Waals surface area contributed by atoms with E-state index in [-0.39, 0.29) is 0 Å². The number of nitrogens with two attached hydrogens (primary N) is 1. The molecule has 17 heavy (non-hydrogen) atoms. The van der Waals surface area contributed by atoms with Gasteiger partial charge in [0.15, 0.2) is 0 Å². The highest BCUT2D eigenvalue weighted by Gasteiger charge is 2.27. The van der Waals surface area contributed by atoms with E-state index in [1.165, 1.54) is 12.8 Å². The van der Waals surface area contributed by atoms with Crippen molar-refractivity contribution in [2.75, 3.05) is 23.4 Å². The van der Waals surface area contributed by atoms with E-state index in [0.29, 0.717) is 11.4 Å². The van der Waals surface area contributed by atoms with Crippen molar-refractivity contribution in [1.82, 2.24) is 9.97 Å². The third kappa shape index (κ3) is 2.66. The summed E-state index contributed by atoms with van der Waals surface area (Å²) in [5, 5.41) is 0. The Bertz CT molecular complexity index is 402. The number of aryl methyl sites for hydroxylation is 1. The molecule has 1 aromatic rings. The van der Waals surface area contributed by atoms with Gasteiger partial charge in [0.05, 0.1) is 0 Å². The van der Waals surface area contributed by atoms with Gasteiger partial charge in [-0.15, -0.1) is 0 Å². The molecule has 5 heteroatoms. The first-order valence-electron chi connectivity index (χ1n) is 6.07. The number of hydrogen-bond donors (Lipinski definition) is 2. The molecule has 1 aliphatic rings. The summed E-state index contributed by atoms with van der Waals surface area (Å²) in [6.07, 6.45) is 4.30. The largest absolute Gasteiger partial charge is 0.356 e. The van der Waals surface area contributed by atoms with Gasteiger partial charge in [-0.25, -0.2) is 10.8 Å². The first-order chi connectivity index (χ1) is 8.02. The molecular weight excluding hydrogens is 214 g/mol. The number of rotatable bonds is 2. The SMILES string of the molecule is Cc1cnc(NN)nc1N1CCCC(C)(C)C1. The average Bonchev–Trinajstić information content (AvgIpc) is 2.28. The van der Waals surface area contributed by atoms with Gasteiger partial charge >= 0.3 is 0 Å². The van der Waals surface area contributed by atoms with Gasteiger partial charge in [0, 0.05) is 24.8 Å².